The molecule has 1 heterocycles. The molecule has 8 heteroatoms. The van der Waals surface area contributed by atoms with E-state index in [-0.39, 0.29) is 30.5 Å². The highest BCUT2D eigenvalue weighted by Crippen LogP contribution is 2.32. The smallest absolute Gasteiger partial charge is 0.229 e. The van der Waals surface area contributed by atoms with Crippen LogP contribution in [-0.4, -0.2) is 24.3 Å². The first-order valence-corrected chi connectivity index (χ1v) is 9.07. The zero-order valence-electron chi connectivity index (χ0n) is 14.5. The van der Waals surface area contributed by atoms with E-state index in [2.05, 4.69) is 26.6 Å². The van der Waals surface area contributed by atoms with Gasteiger partial charge in [-0.2, -0.15) is 0 Å². The molecule has 1 unspecified atom stereocenters. The zero-order chi connectivity index (χ0) is 19.6. The molecule has 2 N–H and O–H groups in total. The van der Waals surface area contributed by atoms with Gasteiger partial charge in [0.15, 0.2) is 0 Å². The molecule has 27 heavy (non-hydrogen) atoms. The van der Waals surface area contributed by atoms with Gasteiger partial charge >= 0.3 is 0 Å². The zero-order valence-corrected chi connectivity index (χ0v) is 16.0. The Balaban J connectivity index is 1.71. The van der Waals surface area contributed by atoms with Crippen LogP contribution in [0.5, 0.6) is 0 Å². The second-order valence-corrected chi connectivity index (χ2v) is 7.08. The predicted octanol–water partition coefficient (Wildman–Crippen LogP) is 3.54. The number of halogens is 2. The standard InChI is InChI=1S/C19H17BrFN3O3/c1-11(25)22-16-9-13(6-7-15(16)21)23-19(27)12-8-18(26)24(10-12)17-5-3-2-4-14(17)20/h2-7,9,12H,8,10H2,1H3,(H,22,25)(H,23,27). The van der Waals surface area contributed by atoms with Crippen LogP contribution in [0.2, 0.25) is 0 Å². The van der Waals surface area contributed by atoms with Gasteiger partial charge in [0, 0.05) is 30.0 Å². The molecule has 140 valence electrons. The van der Waals surface area contributed by atoms with E-state index in [1.54, 1.807) is 4.90 Å². The summed E-state index contributed by atoms with van der Waals surface area (Å²) < 4.78 is 14.5. The quantitative estimate of drug-likeness (QED) is 0.773. The van der Waals surface area contributed by atoms with Crippen LogP contribution in [0.4, 0.5) is 21.5 Å². The second-order valence-electron chi connectivity index (χ2n) is 6.22. The molecule has 3 amide bonds. The number of benzene rings is 2. The molecule has 1 saturated heterocycles. The number of nitrogens with one attached hydrogen (secondary N) is 2. The first-order chi connectivity index (χ1) is 12.8. The summed E-state index contributed by atoms with van der Waals surface area (Å²) in [6.07, 6.45) is 0.0902. The summed E-state index contributed by atoms with van der Waals surface area (Å²) in [6, 6.07) is 11.2. The van der Waals surface area contributed by atoms with Crippen LogP contribution in [-0.2, 0) is 14.4 Å². The number of hydrogen-bond acceptors (Lipinski definition) is 3. The fourth-order valence-electron chi connectivity index (χ4n) is 2.92. The van der Waals surface area contributed by atoms with E-state index in [0.29, 0.717) is 11.4 Å². The van der Waals surface area contributed by atoms with Gasteiger partial charge in [0.25, 0.3) is 0 Å². The third kappa shape index (κ3) is 4.33. The summed E-state index contributed by atoms with van der Waals surface area (Å²) in [5.74, 6) is -2.01. The maximum Gasteiger partial charge on any atom is 0.229 e. The molecule has 1 atom stereocenters. The van der Waals surface area contributed by atoms with Gasteiger partial charge < -0.3 is 15.5 Å². The lowest BCUT2D eigenvalue weighted by atomic mass is 10.1. The van der Waals surface area contributed by atoms with Gasteiger partial charge in [-0.1, -0.05) is 12.1 Å². The minimum atomic E-state index is -0.598. The van der Waals surface area contributed by atoms with Crippen molar-refractivity contribution in [2.75, 3.05) is 22.1 Å². The van der Waals surface area contributed by atoms with Crippen molar-refractivity contribution >= 4 is 50.7 Å². The van der Waals surface area contributed by atoms with Gasteiger partial charge in [0.1, 0.15) is 5.82 Å². The van der Waals surface area contributed by atoms with Crippen molar-refractivity contribution in [3.8, 4) is 0 Å². The normalized spacial score (nSPS) is 16.3. The van der Waals surface area contributed by atoms with Crippen LogP contribution >= 0.6 is 15.9 Å². The van der Waals surface area contributed by atoms with Gasteiger partial charge in [0.2, 0.25) is 17.7 Å². The Labute approximate surface area is 163 Å². The fourth-order valence-corrected chi connectivity index (χ4v) is 3.42. The molecule has 2 aromatic rings. The van der Waals surface area contributed by atoms with Crippen LogP contribution in [0, 0.1) is 11.7 Å². The molecule has 0 aromatic heterocycles. The van der Waals surface area contributed by atoms with Crippen molar-refractivity contribution in [3.05, 3.63) is 52.8 Å². The van der Waals surface area contributed by atoms with Crippen LogP contribution in [0.25, 0.3) is 0 Å². The Morgan fingerprint density at radius 2 is 1.93 bits per heavy atom. The van der Waals surface area contributed by atoms with E-state index in [1.165, 1.54) is 19.1 Å². The van der Waals surface area contributed by atoms with E-state index >= 15 is 0 Å². The van der Waals surface area contributed by atoms with Crippen molar-refractivity contribution < 1.29 is 18.8 Å². The molecule has 6 nitrogen and oxygen atoms in total. The number of carbonyl (C=O) groups excluding carboxylic acids is 3. The molecule has 0 saturated carbocycles. The molecule has 0 bridgehead atoms. The number of carbonyl (C=O) groups is 3. The molecule has 0 radical (unpaired) electrons. The Morgan fingerprint density at radius 1 is 1.19 bits per heavy atom. The lowest BCUT2D eigenvalue weighted by molar-refractivity contribution is -0.122. The van der Waals surface area contributed by atoms with Crippen molar-refractivity contribution in [3.63, 3.8) is 0 Å². The Hall–Kier alpha value is -2.74. The van der Waals surface area contributed by atoms with Gasteiger partial charge in [-0.3, -0.25) is 14.4 Å². The number of para-hydroxylation sites is 1. The molecule has 2 aromatic carbocycles. The summed E-state index contributed by atoms with van der Waals surface area (Å²) in [6.45, 7) is 1.53. The van der Waals surface area contributed by atoms with Crippen LogP contribution in [0.15, 0.2) is 46.9 Å². The third-order valence-electron chi connectivity index (χ3n) is 4.18. The summed E-state index contributed by atoms with van der Waals surface area (Å²) in [5, 5.41) is 5.05. The lowest BCUT2D eigenvalue weighted by Gasteiger charge is -2.18. The predicted molar refractivity (Wildman–Crippen MR) is 104 cm³/mol. The molecule has 0 spiro atoms. The van der Waals surface area contributed by atoms with Gasteiger partial charge in [-0.05, 0) is 46.3 Å². The third-order valence-corrected chi connectivity index (χ3v) is 4.85. The van der Waals surface area contributed by atoms with Crippen molar-refractivity contribution in [1.29, 1.82) is 0 Å². The molecule has 1 aliphatic heterocycles. The van der Waals surface area contributed by atoms with E-state index in [4.69, 9.17) is 0 Å². The number of nitrogens with zero attached hydrogens (tertiary/aromatic N) is 1. The first-order valence-electron chi connectivity index (χ1n) is 8.28. The Morgan fingerprint density at radius 3 is 2.63 bits per heavy atom. The monoisotopic (exact) mass is 433 g/mol. The minimum absolute atomic E-state index is 0.0161. The summed E-state index contributed by atoms with van der Waals surface area (Å²) in [7, 11) is 0. The lowest BCUT2D eigenvalue weighted by Crippen LogP contribution is -2.28. The second kappa shape index (κ2) is 7.87. The van der Waals surface area contributed by atoms with Crippen molar-refractivity contribution in [2.45, 2.75) is 13.3 Å². The Kier molecular flexibility index (Phi) is 5.55. The Bertz CT molecular complexity index is 919. The summed E-state index contributed by atoms with van der Waals surface area (Å²) >= 11 is 3.41. The van der Waals surface area contributed by atoms with Gasteiger partial charge in [0.05, 0.1) is 17.3 Å². The van der Waals surface area contributed by atoms with Crippen LogP contribution in [0.1, 0.15) is 13.3 Å². The maximum atomic E-state index is 13.7. The van der Waals surface area contributed by atoms with Crippen LogP contribution in [0.3, 0.4) is 0 Å². The topological polar surface area (TPSA) is 78.5 Å². The van der Waals surface area contributed by atoms with E-state index in [0.717, 1.165) is 10.5 Å². The fraction of sp³-hybridized carbons (Fsp3) is 0.211. The van der Waals surface area contributed by atoms with Gasteiger partial charge in [-0.25, -0.2) is 4.39 Å². The van der Waals surface area contributed by atoms with Crippen molar-refractivity contribution in [2.24, 2.45) is 5.92 Å². The molecule has 3 rings (SSSR count). The molecule has 0 aliphatic carbocycles. The largest absolute Gasteiger partial charge is 0.326 e. The van der Waals surface area contributed by atoms with E-state index < -0.39 is 17.6 Å². The average molecular weight is 434 g/mol. The van der Waals surface area contributed by atoms with E-state index in [1.807, 2.05) is 24.3 Å². The van der Waals surface area contributed by atoms with Gasteiger partial charge in [-0.15, -0.1) is 0 Å². The highest BCUT2D eigenvalue weighted by Gasteiger charge is 2.35. The highest BCUT2D eigenvalue weighted by molar-refractivity contribution is 9.10. The molecular formula is C19H17BrFN3O3. The number of amides is 3. The minimum Gasteiger partial charge on any atom is -0.326 e. The molecule has 1 aliphatic rings. The average Bonchev–Trinajstić information content (AvgIpc) is 2.99. The first kappa shape index (κ1) is 19.0. The SMILES string of the molecule is CC(=O)Nc1cc(NC(=O)C2CC(=O)N(c3ccccc3Br)C2)ccc1F. The number of hydrogen-bond donors (Lipinski definition) is 2. The highest BCUT2D eigenvalue weighted by atomic mass is 79.9. The molecule has 1 fully saturated rings. The molecular weight excluding hydrogens is 417 g/mol. The number of anilines is 3. The van der Waals surface area contributed by atoms with E-state index in [9.17, 15) is 18.8 Å². The van der Waals surface area contributed by atoms with Crippen LogP contribution < -0.4 is 15.5 Å². The van der Waals surface area contributed by atoms with Crippen molar-refractivity contribution in [1.82, 2.24) is 0 Å². The number of rotatable bonds is 4. The maximum absolute atomic E-state index is 13.7. The summed E-state index contributed by atoms with van der Waals surface area (Å²) in [4.78, 5) is 37.6. The summed E-state index contributed by atoms with van der Waals surface area (Å²) in [5.41, 5.74) is 1.04.